The van der Waals surface area contributed by atoms with Gasteiger partial charge >= 0.3 is 0 Å². The number of aliphatic hydroxyl groups is 1. The molecule has 90 valence electrons. The third kappa shape index (κ3) is 1.01. The average Bonchev–Trinajstić information content (AvgIpc) is 2.62. The molecule has 16 heavy (non-hydrogen) atoms. The van der Waals surface area contributed by atoms with Crippen LogP contribution >= 0.6 is 0 Å². The molecule has 3 aliphatic carbocycles. The van der Waals surface area contributed by atoms with Crippen molar-refractivity contribution in [1.29, 1.82) is 0 Å². The van der Waals surface area contributed by atoms with Crippen LogP contribution in [0.15, 0.2) is 11.6 Å². The first-order valence-electron chi connectivity index (χ1n) is 6.84. The fourth-order valence-electron chi connectivity index (χ4n) is 5.48. The molecule has 0 heterocycles. The maximum Gasteiger partial charge on any atom is 0.0644 e. The normalized spacial score (nSPS) is 49.9. The summed E-state index contributed by atoms with van der Waals surface area (Å²) in [6.07, 6.45) is 7.72. The summed E-state index contributed by atoms with van der Waals surface area (Å²) in [4.78, 5) is 0. The van der Waals surface area contributed by atoms with Gasteiger partial charge in [0, 0.05) is 0 Å². The zero-order chi connectivity index (χ0) is 11.6. The molecule has 2 fully saturated rings. The topological polar surface area (TPSA) is 20.2 Å². The quantitative estimate of drug-likeness (QED) is 0.707. The highest BCUT2D eigenvalue weighted by Crippen LogP contribution is 2.74. The number of rotatable bonds is 2. The Bertz CT molecular complexity index is 343. The molecule has 0 spiro atoms. The Morgan fingerprint density at radius 1 is 1.44 bits per heavy atom. The van der Waals surface area contributed by atoms with Crippen molar-refractivity contribution in [3.8, 4) is 0 Å². The van der Waals surface area contributed by atoms with E-state index in [0.29, 0.717) is 23.4 Å². The molecule has 1 heteroatoms. The number of hydrogen-bond acceptors (Lipinski definition) is 1. The molecule has 0 aromatic heterocycles. The molecule has 4 bridgehead atoms. The summed E-state index contributed by atoms with van der Waals surface area (Å²) in [5.74, 6) is 2.34. The van der Waals surface area contributed by atoms with E-state index >= 15 is 0 Å². The monoisotopic (exact) mass is 220 g/mol. The summed E-state index contributed by atoms with van der Waals surface area (Å²) in [5, 5.41) is 9.55. The Balaban J connectivity index is 2.08. The first kappa shape index (κ1) is 10.8. The van der Waals surface area contributed by atoms with Crippen molar-refractivity contribution >= 4 is 0 Å². The van der Waals surface area contributed by atoms with Crippen LogP contribution in [0.25, 0.3) is 0 Å². The summed E-state index contributed by atoms with van der Waals surface area (Å²) in [6, 6.07) is 0. The standard InChI is InChI=1S/C15H24O/c1-10(2)15-7-6-14(3)8-12(15)11(9-16)4-5-13(14)15/h4,10,12-13,16H,5-9H2,1-3H3/t12-,13-,14+,15+/m0/s1. The highest BCUT2D eigenvalue weighted by atomic mass is 16.3. The number of allylic oxidation sites excluding steroid dienone is 1. The third-order valence-corrected chi connectivity index (χ3v) is 6.26. The van der Waals surface area contributed by atoms with Crippen molar-refractivity contribution in [3.63, 3.8) is 0 Å². The molecule has 1 N–H and O–H groups in total. The Hall–Kier alpha value is -0.300. The lowest BCUT2D eigenvalue weighted by atomic mass is 9.59. The Kier molecular flexibility index (Phi) is 2.12. The van der Waals surface area contributed by atoms with E-state index in [1.54, 1.807) is 0 Å². The van der Waals surface area contributed by atoms with Gasteiger partial charge in [-0.2, -0.15) is 0 Å². The van der Waals surface area contributed by atoms with Crippen LogP contribution in [0.2, 0.25) is 0 Å². The molecule has 0 unspecified atom stereocenters. The first-order chi connectivity index (χ1) is 7.54. The van der Waals surface area contributed by atoms with Crippen LogP contribution in [0.1, 0.15) is 46.5 Å². The van der Waals surface area contributed by atoms with Crippen molar-refractivity contribution in [3.05, 3.63) is 11.6 Å². The van der Waals surface area contributed by atoms with Crippen molar-refractivity contribution in [2.24, 2.45) is 28.6 Å². The van der Waals surface area contributed by atoms with Crippen LogP contribution in [-0.2, 0) is 0 Å². The zero-order valence-corrected chi connectivity index (χ0v) is 10.8. The molecular formula is C15H24O. The molecule has 1 nitrogen and oxygen atoms in total. The van der Waals surface area contributed by atoms with Crippen molar-refractivity contribution in [1.82, 2.24) is 0 Å². The van der Waals surface area contributed by atoms with Gasteiger partial charge in [0.25, 0.3) is 0 Å². The van der Waals surface area contributed by atoms with E-state index in [9.17, 15) is 5.11 Å². The summed E-state index contributed by atoms with van der Waals surface area (Å²) in [7, 11) is 0. The molecule has 2 saturated carbocycles. The largest absolute Gasteiger partial charge is 0.392 e. The zero-order valence-electron chi connectivity index (χ0n) is 10.8. The second kappa shape index (κ2) is 3.13. The number of hydrogen-bond donors (Lipinski definition) is 1. The van der Waals surface area contributed by atoms with Crippen molar-refractivity contribution in [2.45, 2.75) is 46.5 Å². The molecule has 0 radical (unpaired) electrons. The Morgan fingerprint density at radius 2 is 2.19 bits per heavy atom. The van der Waals surface area contributed by atoms with Gasteiger partial charge in [-0.3, -0.25) is 0 Å². The predicted molar refractivity (Wildman–Crippen MR) is 66.0 cm³/mol. The van der Waals surface area contributed by atoms with E-state index in [2.05, 4.69) is 26.8 Å². The van der Waals surface area contributed by atoms with Crippen LogP contribution in [0.3, 0.4) is 0 Å². The lowest BCUT2D eigenvalue weighted by molar-refractivity contribution is 0.0755. The maximum absolute atomic E-state index is 9.55. The van der Waals surface area contributed by atoms with E-state index in [0.717, 1.165) is 11.8 Å². The van der Waals surface area contributed by atoms with E-state index in [1.807, 2.05) is 0 Å². The van der Waals surface area contributed by atoms with Crippen LogP contribution in [0, 0.1) is 28.6 Å². The van der Waals surface area contributed by atoms with Crippen LogP contribution in [0.5, 0.6) is 0 Å². The van der Waals surface area contributed by atoms with Crippen LogP contribution in [0.4, 0.5) is 0 Å². The second-order valence-electron chi connectivity index (χ2n) is 6.90. The van der Waals surface area contributed by atoms with Crippen molar-refractivity contribution < 1.29 is 5.11 Å². The maximum atomic E-state index is 9.55. The number of aliphatic hydroxyl groups excluding tert-OH is 1. The van der Waals surface area contributed by atoms with Crippen LogP contribution < -0.4 is 0 Å². The highest BCUT2D eigenvalue weighted by molar-refractivity contribution is 5.28. The van der Waals surface area contributed by atoms with Gasteiger partial charge in [0.2, 0.25) is 0 Å². The van der Waals surface area contributed by atoms with Gasteiger partial charge in [-0.25, -0.2) is 0 Å². The van der Waals surface area contributed by atoms with Gasteiger partial charge in [-0.15, -0.1) is 0 Å². The molecule has 0 amide bonds. The van der Waals surface area contributed by atoms with Gasteiger partial charge in [-0.1, -0.05) is 26.8 Å². The smallest absolute Gasteiger partial charge is 0.0644 e. The Labute approximate surface area is 98.9 Å². The fourth-order valence-corrected chi connectivity index (χ4v) is 5.48. The van der Waals surface area contributed by atoms with Gasteiger partial charge in [0.15, 0.2) is 0 Å². The SMILES string of the molecule is CC(C)[C@]12CC[C@]3(C)C[C@H]1C(CO)=CC[C@@H]32. The molecule has 0 aromatic carbocycles. The van der Waals surface area contributed by atoms with Gasteiger partial charge in [0.1, 0.15) is 0 Å². The first-order valence-corrected chi connectivity index (χ1v) is 6.84. The minimum Gasteiger partial charge on any atom is -0.392 e. The minimum absolute atomic E-state index is 0.294. The average molecular weight is 220 g/mol. The molecular weight excluding hydrogens is 196 g/mol. The van der Waals surface area contributed by atoms with Crippen molar-refractivity contribution in [2.75, 3.05) is 6.61 Å². The van der Waals surface area contributed by atoms with E-state index in [4.69, 9.17) is 0 Å². The molecule has 0 aromatic rings. The lowest BCUT2D eigenvalue weighted by Gasteiger charge is -2.45. The molecule has 0 saturated heterocycles. The summed E-state index contributed by atoms with van der Waals surface area (Å²) < 4.78 is 0. The lowest BCUT2D eigenvalue weighted by Crippen LogP contribution is -2.39. The molecule has 4 atom stereocenters. The van der Waals surface area contributed by atoms with Crippen LogP contribution in [-0.4, -0.2) is 11.7 Å². The summed E-state index contributed by atoms with van der Waals surface area (Å²) >= 11 is 0. The van der Waals surface area contributed by atoms with Gasteiger partial charge < -0.3 is 5.11 Å². The Morgan fingerprint density at radius 3 is 2.81 bits per heavy atom. The van der Waals surface area contributed by atoms with E-state index in [-0.39, 0.29) is 0 Å². The fraction of sp³-hybridized carbons (Fsp3) is 0.867. The van der Waals surface area contributed by atoms with E-state index in [1.165, 1.54) is 31.3 Å². The minimum atomic E-state index is 0.294. The van der Waals surface area contributed by atoms with Gasteiger partial charge in [-0.05, 0) is 59.8 Å². The third-order valence-electron chi connectivity index (χ3n) is 6.26. The summed E-state index contributed by atoms with van der Waals surface area (Å²) in [5.41, 5.74) is 2.46. The second-order valence-corrected chi connectivity index (χ2v) is 6.90. The predicted octanol–water partition coefficient (Wildman–Crippen LogP) is 3.39. The molecule has 3 rings (SSSR count). The molecule has 0 aliphatic heterocycles. The summed E-state index contributed by atoms with van der Waals surface area (Å²) in [6.45, 7) is 7.59. The van der Waals surface area contributed by atoms with E-state index < -0.39 is 0 Å². The highest BCUT2D eigenvalue weighted by Gasteiger charge is 2.66. The van der Waals surface area contributed by atoms with Gasteiger partial charge in [0.05, 0.1) is 6.61 Å². The molecule has 3 aliphatic rings.